The van der Waals surface area contributed by atoms with Crippen LogP contribution < -0.4 is 10.6 Å². The molecule has 2 nitrogen and oxygen atoms in total. The van der Waals surface area contributed by atoms with E-state index in [1.807, 2.05) is 0 Å². The van der Waals surface area contributed by atoms with Crippen LogP contribution in [0.1, 0.15) is 136 Å². The summed E-state index contributed by atoms with van der Waals surface area (Å²) in [5.74, 6) is 0. The van der Waals surface area contributed by atoms with Gasteiger partial charge < -0.3 is 0 Å². The highest BCUT2D eigenvalue weighted by Gasteiger charge is 2.30. The Morgan fingerprint density at radius 3 is 1.31 bits per heavy atom. The molecule has 1 fully saturated rings. The summed E-state index contributed by atoms with van der Waals surface area (Å²) >= 11 is 0. The second-order valence-corrected chi connectivity index (χ2v) is 8.74. The normalized spacial score (nSPS) is 16.8. The molecule has 0 heterocycles. The van der Waals surface area contributed by atoms with E-state index in [4.69, 9.17) is 0 Å². The zero-order chi connectivity index (χ0) is 18.8. The zero-order valence-electron chi connectivity index (χ0n) is 18.3. The molecule has 0 atom stereocenters. The number of unbranched alkanes of at least 4 members (excludes halogenated alkanes) is 12. The van der Waals surface area contributed by atoms with Crippen molar-refractivity contribution in [3.63, 3.8) is 0 Å². The molecule has 0 bridgehead atoms. The van der Waals surface area contributed by atoms with Crippen LogP contribution in [0.25, 0.3) is 0 Å². The van der Waals surface area contributed by atoms with Gasteiger partial charge in [-0.1, -0.05) is 110 Å². The number of nitrogens with one attached hydrogen (secondary N) is 2. The van der Waals surface area contributed by atoms with Gasteiger partial charge in [-0.05, 0) is 38.8 Å². The van der Waals surface area contributed by atoms with Gasteiger partial charge in [0.05, 0.1) is 5.66 Å². The van der Waals surface area contributed by atoms with E-state index < -0.39 is 0 Å². The minimum atomic E-state index is 0.267. The molecule has 26 heavy (non-hydrogen) atoms. The Bertz CT molecular complexity index is 262. The molecule has 156 valence electrons. The highest BCUT2D eigenvalue weighted by atomic mass is 15.2. The molecule has 0 radical (unpaired) electrons. The van der Waals surface area contributed by atoms with Gasteiger partial charge in [0.2, 0.25) is 0 Å². The molecule has 0 aromatic carbocycles. The fraction of sp³-hybridized carbons (Fsp3) is 1.00. The monoisotopic (exact) mass is 366 g/mol. The van der Waals surface area contributed by atoms with E-state index in [1.165, 1.54) is 135 Å². The molecule has 1 rings (SSSR count). The minimum Gasteiger partial charge on any atom is -0.299 e. The van der Waals surface area contributed by atoms with E-state index in [2.05, 4.69) is 24.5 Å². The Morgan fingerprint density at radius 2 is 0.885 bits per heavy atom. The Kier molecular flexibility index (Phi) is 15.7. The molecule has 1 saturated carbocycles. The van der Waals surface area contributed by atoms with Gasteiger partial charge in [0, 0.05) is 0 Å². The van der Waals surface area contributed by atoms with E-state index in [1.54, 1.807) is 0 Å². The summed E-state index contributed by atoms with van der Waals surface area (Å²) in [5, 5.41) is 7.89. The smallest absolute Gasteiger partial charge is 0.0687 e. The highest BCUT2D eigenvalue weighted by Crippen LogP contribution is 2.26. The van der Waals surface area contributed by atoms with E-state index in [0.717, 1.165) is 0 Å². The minimum absolute atomic E-state index is 0.267. The SMILES string of the molecule is CCCCCCCCCNC1(NCCCCCCCCC)CCCCC1. The van der Waals surface area contributed by atoms with Crippen LogP contribution in [-0.2, 0) is 0 Å². The summed E-state index contributed by atoms with van der Waals surface area (Å²) < 4.78 is 0. The average Bonchev–Trinajstić information content (AvgIpc) is 2.67. The van der Waals surface area contributed by atoms with Crippen LogP contribution in [0.2, 0.25) is 0 Å². The maximum Gasteiger partial charge on any atom is 0.0687 e. The summed E-state index contributed by atoms with van der Waals surface area (Å²) in [6, 6.07) is 0. The zero-order valence-corrected chi connectivity index (χ0v) is 18.3. The quantitative estimate of drug-likeness (QED) is 0.196. The maximum absolute atomic E-state index is 3.94. The lowest BCUT2D eigenvalue weighted by atomic mass is 9.88. The molecule has 0 spiro atoms. The van der Waals surface area contributed by atoms with Crippen molar-refractivity contribution in [2.24, 2.45) is 0 Å². The molecule has 0 aliphatic heterocycles. The van der Waals surface area contributed by atoms with Crippen LogP contribution in [0.5, 0.6) is 0 Å². The first-order chi connectivity index (χ1) is 12.8. The van der Waals surface area contributed by atoms with Gasteiger partial charge in [0.25, 0.3) is 0 Å². The largest absolute Gasteiger partial charge is 0.299 e. The van der Waals surface area contributed by atoms with Gasteiger partial charge in [0.1, 0.15) is 0 Å². The molecule has 0 amide bonds. The topological polar surface area (TPSA) is 24.1 Å². The van der Waals surface area contributed by atoms with E-state index >= 15 is 0 Å². The maximum atomic E-state index is 3.94. The van der Waals surface area contributed by atoms with Gasteiger partial charge in [-0.3, -0.25) is 10.6 Å². The second-order valence-electron chi connectivity index (χ2n) is 8.74. The van der Waals surface area contributed by atoms with E-state index in [-0.39, 0.29) is 5.66 Å². The highest BCUT2D eigenvalue weighted by molar-refractivity contribution is 4.88. The van der Waals surface area contributed by atoms with Crippen LogP contribution in [0, 0.1) is 0 Å². The lowest BCUT2D eigenvalue weighted by Gasteiger charge is -2.39. The summed E-state index contributed by atoms with van der Waals surface area (Å²) in [6.45, 7) is 7.01. The summed E-state index contributed by atoms with van der Waals surface area (Å²) in [4.78, 5) is 0. The first-order valence-corrected chi connectivity index (χ1v) is 12.3. The van der Waals surface area contributed by atoms with Gasteiger partial charge in [-0.2, -0.15) is 0 Å². The Balaban J connectivity index is 2.09. The first-order valence-electron chi connectivity index (χ1n) is 12.3. The molecule has 0 saturated heterocycles. The van der Waals surface area contributed by atoms with Crippen molar-refractivity contribution in [2.45, 2.75) is 142 Å². The van der Waals surface area contributed by atoms with E-state index in [0.29, 0.717) is 0 Å². The predicted octanol–water partition coefficient (Wildman–Crippen LogP) is 7.33. The number of hydrogen-bond acceptors (Lipinski definition) is 2. The van der Waals surface area contributed by atoms with Crippen LogP contribution in [0.4, 0.5) is 0 Å². The molecule has 0 aromatic rings. The second kappa shape index (κ2) is 17.0. The van der Waals surface area contributed by atoms with Crippen LogP contribution in [0.15, 0.2) is 0 Å². The fourth-order valence-electron chi connectivity index (χ4n) is 4.39. The fourth-order valence-corrected chi connectivity index (χ4v) is 4.39. The van der Waals surface area contributed by atoms with Gasteiger partial charge in [-0.15, -0.1) is 0 Å². The van der Waals surface area contributed by atoms with Crippen molar-refractivity contribution in [3.05, 3.63) is 0 Å². The lowest BCUT2D eigenvalue weighted by Crippen LogP contribution is -2.58. The molecule has 1 aliphatic rings. The predicted molar refractivity (Wildman–Crippen MR) is 118 cm³/mol. The van der Waals surface area contributed by atoms with Crippen LogP contribution >= 0.6 is 0 Å². The van der Waals surface area contributed by atoms with Gasteiger partial charge in [-0.25, -0.2) is 0 Å². The molecule has 1 aliphatic carbocycles. The Hall–Kier alpha value is -0.0800. The lowest BCUT2D eigenvalue weighted by molar-refractivity contribution is 0.179. The molecule has 2 heteroatoms. The van der Waals surface area contributed by atoms with E-state index in [9.17, 15) is 0 Å². The van der Waals surface area contributed by atoms with Crippen molar-refractivity contribution in [1.29, 1.82) is 0 Å². The van der Waals surface area contributed by atoms with Gasteiger partial charge >= 0.3 is 0 Å². The van der Waals surface area contributed by atoms with Crippen molar-refractivity contribution < 1.29 is 0 Å². The third-order valence-electron chi connectivity index (χ3n) is 6.19. The first kappa shape index (κ1) is 24.0. The van der Waals surface area contributed by atoms with Crippen molar-refractivity contribution in [2.75, 3.05) is 13.1 Å². The number of rotatable bonds is 18. The Morgan fingerprint density at radius 1 is 0.500 bits per heavy atom. The molecule has 0 unspecified atom stereocenters. The summed E-state index contributed by atoms with van der Waals surface area (Å²) in [7, 11) is 0. The van der Waals surface area contributed by atoms with Crippen molar-refractivity contribution >= 4 is 0 Å². The van der Waals surface area contributed by atoms with Crippen LogP contribution in [0.3, 0.4) is 0 Å². The Labute approximate surface area is 165 Å². The molecular weight excluding hydrogens is 316 g/mol. The molecule has 0 aromatic heterocycles. The van der Waals surface area contributed by atoms with Crippen LogP contribution in [-0.4, -0.2) is 18.8 Å². The third kappa shape index (κ3) is 12.3. The third-order valence-corrected chi connectivity index (χ3v) is 6.19. The summed E-state index contributed by atoms with van der Waals surface area (Å²) in [6.07, 6.45) is 26.6. The average molecular weight is 367 g/mol. The standard InChI is InChI=1S/C24H50N2/c1-3-5-7-9-11-13-18-22-25-24(20-16-15-17-21-24)26-23-19-14-12-10-8-6-4-2/h25-26H,3-23H2,1-2H3. The van der Waals surface area contributed by atoms with Gasteiger partial charge in [0.15, 0.2) is 0 Å². The van der Waals surface area contributed by atoms with Crippen molar-refractivity contribution in [1.82, 2.24) is 10.6 Å². The number of hydrogen-bond donors (Lipinski definition) is 2. The molecule has 2 N–H and O–H groups in total. The summed E-state index contributed by atoms with van der Waals surface area (Å²) in [5.41, 5.74) is 0.267. The molecular formula is C24H50N2. The van der Waals surface area contributed by atoms with Crippen molar-refractivity contribution in [3.8, 4) is 0 Å².